The standard InChI is InChI=1S/C20H16Cl2N4O/c21-17-6-5-16(9-18(17)22)25-20-23-10-15(11-24-20)19(27)26-8-7-13-3-1-2-4-14(13)12-26/h1-6,9-11H,7-8,12H2,(H,23,24,25). The molecule has 27 heavy (non-hydrogen) atoms. The Kier molecular flexibility index (Phi) is 4.97. The van der Waals surface area contributed by atoms with Crippen LogP contribution in [-0.2, 0) is 13.0 Å². The highest BCUT2D eigenvalue weighted by Gasteiger charge is 2.22. The van der Waals surface area contributed by atoms with E-state index in [1.807, 2.05) is 17.0 Å². The van der Waals surface area contributed by atoms with E-state index >= 15 is 0 Å². The zero-order chi connectivity index (χ0) is 18.8. The molecule has 0 unspecified atom stereocenters. The van der Waals surface area contributed by atoms with Gasteiger partial charge in [0.25, 0.3) is 5.91 Å². The van der Waals surface area contributed by atoms with Gasteiger partial charge in [0.15, 0.2) is 0 Å². The van der Waals surface area contributed by atoms with E-state index in [2.05, 4.69) is 27.4 Å². The molecule has 3 aromatic rings. The molecule has 1 aromatic heterocycles. The van der Waals surface area contributed by atoms with Gasteiger partial charge in [0.1, 0.15) is 0 Å². The molecule has 1 N–H and O–H groups in total. The number of anilines is 2. The normalized spacial score (nSPS) is 13.2. The summed E-state index contributed by atoms with van der Waals surface area (Å²) in [5, 5.41) is 3.96. The van der Waals surface area contributed by atoms with Crippen LogP contribution in [0.1, 0.15) is 21.5 Å². The predicted octanol–water partition coefficient (Wildman–Crippen LogP) is 4.73. The maximum atomic E-state index is 12.8. The number of fused-ring (bicyclic) bond motifs is 1. The van der Waals surface area contributed by atoms with Crippen molar-refractivity contribution in [2.75, 3.05) is 11.9 Å². The van der Waals surface area contributed by atoms with Crippen LogP contribution in [0.15, 0.2) is 54.9 Å². The van der Waals surface area contributed by atoms with Gasteiger partial charge in [-0.25, -0.2) is 9.97 Å². The summed E-state index contributed by atoms with van der Waals surface area (Å²) in [6, 6.07) is 13.4. The third kappa shape index (κ3) is 3.89. The van der Waals surface area contributed by atoms with Crippen molar-refractivity contribution in [2.24, 2.45) is 0 Å². The average molecular weight is 399 g/mol. The van der Waals surface area contributed by atoms with E-state index in [-0.39, 0.29) is 5.91 Å². The molecule has 0 saturated heterocycles. The maximum Gasteiger partial charge on any atom is 0.257 e. The largest absolute Gasteiger partial charge is 0.334 e. The molecule has 2 heterocycles. The molecule has 0 radical (unpaired) electrons. The number of nitrogens with zero attached hydrogens (tertiary/aromatic N) is 3. The zero-order valence-corrected chi connectivity index (χ0v) is 15.8. The van der Waals surface area contributed by atoms with E-state index < -0.39 is 0 Å². The number of halogens is 2. The van der Waals surface area contributed by atoms with Crippen LogP contribution in [0.3, 0.4) is 0 Å². The van der Waals surface area contributed by atoms with Crippen molar-refractivity contribution >= 4 is 40.7 Å². The Morgan fingerprint density at radius 3 is 2.48 bits per heavy atom. The number of nitrogens with one attached hydrogen (secondary N) is 1. The molecule has 2 aromatic carbocycles. The first kappa shape index (κ1) is 17.8. The minimum absolute atomic E-state index is 0.0643. The molecule has 0 atom stereocenters. The van der Waals surface area contributed by atoms with Gasteiger partial charge >= 0.3 is 0 Å². The molecule has 0 saturated carbocycles. The number of aromatic nitrogens is 2. The first-order valence-corrected chi connectivity index (χ1v) is 9.26. The first-order valence-electron chi connectivity index (χ1n) is 8.50. The number of hydrogen-bond donors (Lipinski definition) is 1. The third-order valence-electron chi connectivity index (χ3n) is 4.49. The van der Waals surface area contributed by atoms with Gasteiger partial charge in [-0.15, -0.1) is 0 Å². The number of carbonyl (C=O) groups is 1. The average Bonchev–Trinajstić information content (AvgIpc) is 2.70. The SMILES string of the molecule is O=C(c1cnc(Nc2ccc(Cl)c(Cl)c2)nc1)N1CCc2ccccc2C1. The molecular formula is C20H16Cl2N4O. The molecule has 0 spiro atoms. The van der Waals surface area contributed by atoms with Crippen molar-refractivity contribution in [3.8, 4) is 0 Å². The lowest BCUT2D eigenvalue weighted by atomic mass is 9.99. The van der Waals surface area contributed by atoms with Crippen molar-refractivity contribution in [3.05, 3.63) is 81.6 Å². The van der Waals surface area contributed by atoms with E-state index in [0.717, 1.165) is 12.1 Å². The molecule has 0 aliphatic carbocycles. The third-order valence-corrected chi connectivity index (χ3v) is 5.23. The summed E-state index contributed by atoms with van der Waals surface area (Å²) in [6.07, 6.45) is 3.94. The topological polar surface area (TPSA) is 58.1 Å². The van der Waals surface area contributed by atoms with Gasteiger partial charge in [-0.05, 0) is 35.7 Å². The Balaban J connectivity index is 1.46. The smallest absolute Gasteiger partial charge is 0.257 e. The lowest BCUT2D eigenvalue weighted by Crippen LogP contribution is -2.36. The Morgan fingerprint density at radius 1 is 1.00 bits per heavy atom. The van der Waals surface area contributed by atoms with E-state index in [1.165, 1.54) is 23.5 Å². The molecule has 1 aliphatic heterocycles. The molecule has 7 heteroatoms. The van der Waals surface area contributed by atoms with Gasteiger partial charge in [-0.3, -0.25) is 4.79 Å². The highest BCUT2D eigenvalue weighted by atomic mass is 35.5. The van der Waals surface area contributed by atoms with Gasteiger partial charge in [0.05, 0.1) is 15.6 Å². The second-order valence-corrected chi connectivity index (χ2v) is 7.11. The van der Waals surface area contributed by atoms with Crippen LogP contribution >= 0.6 is 23.2 Å². The minimum Gasteiger partial charge on any atom is -0.334 e. The minimum atomic E-state index is -0.0643. The van der Waals surface area contributed by atoms with Crippen LogP contribution in [0, 0.1) is 0 Å². The molecule has 0 bridgehead atoms. The Bertz CT molecular complexity index is 992. The fraction of sp³-hybridized carbons (Fsp3) is 0.150. The summed E-state index contributed by atoms with van der Waals surface area (Å²) >= 11 is 11.9. The predicted molar refractivity (Wildman–Crippen MR) is 107 cm³/mol. The first-order chi connectivity index (χ1) is 13.1. The van der Waals surface area contributed by atoms with Crippen LogP contribution in [0.25, 0.3) is 0 Å². The van der Waals surface area contributed by atoms with Crippen molar-refractivity contribution in [1.82, 2.24) is 14.9 Å². The van der Waals surface area contributed by atoms with Gasteiger partial charge in [0, 0.05) is 31.2 Å². The van der Waals surface area contributed by atoms with Crippen LogP contribution < -0.4 is 5.32 Å². The fourth-order valence-electron chi connectivity index (χ4n) is 3.06. The lowest BCUT2D eigenvalue weighted by molar-refractivity contribution is 0.0734. The number of amides is 1. The van der Waals surface area contributed by atoms with Gasteiger partial charge < -0.3 is 10.2 Å². The Labute approximate surface area is 167 Å². The van der Waals surface area contributed by atoms with E-state index in [1.54, 1.807) is 18.2 Å². The summed E-state index contributed by atoms with van der Waals surface area (Å²) < 4.78 is 0. The Hall–Kier alpha value is -2.63. The van der Waals surface area contributed by atoms with Crippen molar-refractivity contribution in [3.63, 3.8) is 0 Å². The molecule has 5 nitrogen and oxygen atoms in total. The lowest BCUT2D eigenvalue weighted by Gasteiger charge is -2.28. The molecule has 136 valence electrons. The van der Waals surface area contributed by atoms with E-state index in [9.17, 15) is 4.79 Å². The fourth-order valence-corrected chi connectivity index (χ4v) is 3.36. The zero-order valence-electron chi connectivity index (χ0n) is 14.3. The maximum absolute atomic E-state index is 12.8. The summed E-state index contributed by atoms with van der Waals surface area (Å²) in [6.45, 7) is 1.30. The van der Waals surface area contributed by atoms with E-state index in [0.29, 0.717) is 34.6 Å². The Morgan fingerprint density at radius 2 is 1.74 bits per heavy atom. The van der Waals surface area contributed by atoms with Crippen LogP contribution in [0.5, 0.6) is 0 Å². The van der Waals surface area contributed by atoms with Crippen molar-refractivity contribution < 1.29 is 4.79 Å². The number of benzene rings is 2. The van der Waals surface area contributed by atoms with Crippen molar-refractivity contribution in [2.45, 2.75) is 13.0 Å². The van der Waals surface area contributed by atoms with Gasteiger partial charge in [-0.2, -0.15) is 0 Å². The number of hydrogen-bond acceptors (Lipinski definition) is 4. The monoisotopic (exact) mass is 398 g/mol. The number of carbonyl (C=O) groups excluding carboxylic acids is 1. The number of rotatable bonds is 3. The van der Waals surface area contributed by atoms with Crippen LogP contribution in [0.2, 0.25) is 10.0 Å². The summed E-state index contributed by atoms with van der Waals surface area (Å²) in [5.74, 6) is 0.319. The van der Waals surface area contributed by atoms with Gasteiger partial charge in [0.2, 0.25) is 5.95 Å². The molecule has 4 rings (SSSR count). The van der Waals surface area contributed by atoms with Crippen LogP contribution in [0.4, 0.5) is 11.6 Å². The van der Waals surface area contributed by atoms with E-state index in [4.69, 9.17) is 23.2 Å². The summed E-state index contributed by atoms with van der Waals surface area (Å²) in [4.78, 5) is 23.1. The second kappa shape index (κ2) is 7.55. The van der Waals surface area contributed by atoms with Gasteiger partial charge in [-0.1, -0.05) is 47.5 Å². The van der Waals surface area contributed by atoms with Crippen LogP contribution in [-0.4, -0.2) is 27.3 Å². The molecular weight excluding hydrogens is 383 g/mol. The quantitative estimate of drug-likeness (QED) is 0.692. The highest BCUT2D eigenvalue weighted by Crippen LogP contribution is 2.26. The molecule has 1 aliphatic rings. The molecule has 0 fully saturated rings. The summed E-state index contributed by atoms with van der Waals surface area (Å²) in [5.41, 5.74) is 3.68. The molecule has 1 amide bonds. The van der Waals surface area contributed by atoms with Crippen molar-refractivity contribution in [1.29, 1.82) is 0 Å². The highest BCUT2D eigenvalue weighted by molar-refractivity contribution is 6.42. The second-order valence-electron chi connectivity index (χ2n) is 6.29. The summed E-state index contributed by atoms with van der Waals surface area (Å²) in [7, 11) is 0.